The van der Waals surface area contributed by atoms with Gasteiger partial charge >= 0.3 is 0 Å². The highest BCUT2D eigenvalue weighted by Crippen LogP contribution is 2.21. The second-order valence-electron chi connectivity index (χ2n) is 4.33. The molecule has 0 bridgehead atoms. The smallest absolute Gasteiger partial charge is 0.231 e. The lowest BCUT2D eigenvalue weighted by Gasteiger charge is -2.18. The highest BCUT2D eigenvalue weighted by atomic mass is 16.5. The maximum Gasteiger partial charge on any atom is 0.231 e. The van der Waals surface area contributed by atoms with Gasteiger partial charge in [-0.05, 0) is 33.5 Å². The first-order valence-corrected chi connectivity index (χ1v) is 5.43. The van der Waals surface area contributed by atoms with E-state index < -0.39 is 0 Å². The summed E-state index contributed by atoms with van der Waals surface area (Å²) in [4.78, 5) is 6.45. The Labute approximate surface area is 89.8 Å². The molecule has 0 unspecified atom stereocenters. The van der Waals surface area contributed by atoms with Crippen LogP contribution < -0.4 is 5.32 Å². The van der Waals surface area contributed by atoms with Crippen LogP contribution in [0, 0.1) is 0 Å². The minimum atomic E-state index is 0.405. The van der Waals surface area contributed by atoms with Crippen molar-refractivity contribution < 1.29 is 4.52 Å². The van der Waals surface area contributed by atoms with Gasteiger partial charge in [0, 0.05) is 6.54 Å². The summed E-state index contributed by atoms with van der Waals surface area (Å²) in [7, 11) is 4.00. The monoisotopic (exact) mass is 210 g/mol. The summed E-state index contributed by atoms with van der Waals surface area (Å²) in [6.07, 6.45) is 2.34. The van der Waals surface area contributed by atoms with E-state index in [1.54, 1.807) is 0 Å². The van der Waals surface area contributed by atoms with Gasteiger partial charge in [-0.3, -0.25) is 0 Å². The average Bonchev–Trinajstić information content (AvgIpc) is 2.67. The summed E-state index contributed by atoms with van der Waals surface area (Å²) in [6, 6.07) is 0. The first-order chi connectivity index (χ1) is 7.25. The summed E-state index contributed by atoms with van der Waals surface area (Å²) >= 11 is 0. The predicted octanol–water partition coefficient (Wildman–Crippen LogP) is 0.598. The number of nitrogens with zero attached hydrogens (tertiary/aromatic N) is 3. The molecule has 2 rings (SSSR count). The number of hydrogen-bond donors (Lipinski definition) is 1. The number of nitrogens with one attached hydrogen (secondary N) is 1. The lowest BCUT2D eigenvalue weighted by molar-refractivity contribution is 0.314. The van der Waals surface area contributed by atoms with E-state index in [0.29, 0.717) is 5.92 Å². The third kappa shape index (κ3) is 2.76. The minimum Gasteiger partial charge on any atom is -0.339 e. The molecular weight excluding hydrogens is 192 g/mol. The summed E-state index contributed by atoms with van der Waals surface area (Å²) in [5.74, 6) is 1.97. The Morgan fingerprint density at radius 3 is 3.07 bits per heavy atom. The Morgan fingerprint density at radius 1 is 1.53 bits per heavy atom. The van der Waals surface area contributed by atoms with Gasteiger partial charge in [-0.25, -0.2) is 0 Å². The highest BCUT2D eigenvalue weighted by Gasteiger charge is 2.21. The fourth-order valence-corrected chi connectivity index (χ4v) is 1.84. The van der Waals surface area contributed by atoms with E-state index in [1.807, 2.05) is 19.0 Å². The molecule has 1 saturated heterocycles. The number of aromatic nitrogens is 2. The third-order valence-electron chi connectivity index (χ3n) is 2.59. The fourth-order valence-electron chi connectivity index (χ4n) is 1.84. The largest absolute Gasteiger partial charge is 0.339 e. The molecule has 84 valence electrons. The lowest BCUT2D eigenvalue weighted by Crippen LogP contribution is -2.28. The molecule has 0 aliphatic carbocycles. The normalized spacial score (nSPS) is 22.2. The zero-order chi connectivity index (χ0) is 10.7. The molecule has 0 aromatic carbocycles. The molecule has 5 nitrogen and oxygen atoms in total. The Hall–Kier alpha value is -0.940. The van der Waals surface area contributed by atoms with Crippen LogP contribution in [0.1, 0.15) is 30.5 Å². The molecule has 0 saturated carbocycles. The van der Waals surface area contributed by atoms with Gasteiger partial charge in [-0.2, -0.15) is 4.98 Å². The van der Waals surface area contributed by atoms with Crippen molar-refractivity contribution in [3.63, 3.8) is 0 Å². The van der Waals surface area contributed by atoms with Crippen molar-refractivity contribution in [3.05, 3.63) is 11.7 Å². The molecule has 1 N–H and O–H groups in total. The van der Waals surface area contributed by atoms with Crippen LogP contribution in [-0.4, -0.2) is 42.2 Å². The highest BCUT2D eigenvalue weighted by molar-refractivity contribution is 4.96. The lowest BCUT2D eigenvalue weighted by atomic mass is 10.00. The maximum atomic E-state index is 5.28. The van der Waals surface area contributed by atoms with Crippen molar-refractivity contribution in [1.29, 1.82) is 0 Å². The Balaban J connectivity index is 1.99. The van der Waals surface area contributed by atoms with Crippen LogP contribution in [0.4, 0.5) is 0 Å². The van der Waals surface area contributed by atoms with Crippen molar-refractivity contribution in [2.24, 2.45) is 0 Å². The van der Waals surface area contributed by atoms with E-state index in [0.717, 1.165) is 37.8 Å². The van der Waals surface area contributed by atoms with Gasteiger partial charge in [-0.15, -0.1) is 0 Å². The van der Waals surface area contributed by atoms with Crippen LogP contribution in [0.2, 0.25) is 0 Å². The van der Waals surface area contributed by atoms with E-state index in [-0.39, 0.29) is 0 Å². The van der Waals surface area contributed by atoms with Crippen molar-refractivity contribution in [2.75, 3.05) is 27.2 Å². The average molecular weight is 210 g/mol. The molecule has 5 heteroatoms. The molecular formula is C10H18N4O. The molecule has 0 spiro atoms. The van der Waals surface area contributed by atoms with Gasteiger partial charge < -0.3 is 14.7 Å². The molecule has 1 aromatic rings. The molecule has 0 amide bonds. The zero-order valence-corrected chi connectivity index (χ0v) is 9.36. The van der Waals surface area contributed by atoms with Gasteiger partial charge in [0.05, 0.1) is 12.5 Å². The molecule has 0 radical (unpaired) electrons. The van der Waals surface area contributed by atoms with Gasteiger partial charge in [0.25, 0.3) is 0 Å². The number of piperidine rings is 1. The molecule has 1 aliphatic rings. The van der Waals surface area contributed by atoms with E-state index in [1.165, 1.54) is 6.42 Å². The van der Waals surface area contributed by atoms with Gasteiger partial charge in [0.15, 0.2) is 5.82 Å². The van der Waals surface area contributed by atoms with Crippen molar-refractivity contribution >= 4 is 0 Å². The second-order valence-corrected chi connectivity index (χ2v) is 4.33. The first-order valence-electron chi connectivity index (χ1n) is 5.43. The van der Waals surface area contributed by atoms with Gasteiger partial charge in [-0.1, -0.05) is 5.16 Å². The van der Waals surface area contributed by atoms with Crippen LogP contribution in [0.5, 0.6) is 0 Å². The standard InChI is InChI=1S/C10H18N4O/c1-14(2)7-9-12-10(15-13-9)8-4-3-5-11-6-8/h8,11H,3-7H2,1-2H3/t8-/m1/s1. The fraction of sp³-hybridized carbons (Fsp3) is 0.800. The quantitative estimate of drug-likeness (QED) is 0.791. The van der Waals surface area contributed by atoms with Crippen LogP contribution in [-0.2, 0) is 6.54 Å². The minimum absolute atomic E-state index is 0.405. The van der Waals surface area contributed by atoms with Crippen LogP contribution >= 0.6 is 0 Å². The second kappa shape index (κ2) is 4.72. The molecule has 1 fully saturated rings. The molecule has 1 aromatic heterocycles. The van der Waals surface area contributed by atoms with Gasteiger partial charge in [0.2, 0.25) is 5.89 Å². The van der Waals surface area contributed by atoms with E-state index in [9.17, 15) is 0 Å². The zero-order valence-electron chi connectivity index (χ0n) is 9.36. The molecule has 1 aliphatic heterocycles. The van der Waals surface area contributed by atoms with Crippen LogP contribution in [0.3, 0.4) is 0 Å². The van der Waals surface area contributed by atoms with E-state index in [4.69, 9.17) is 4.52 Å². The molecule has 1 atom stereocenters. The molecule has 2 heterocycles. The van der Waals surface area contributed by atoms with Crippen LogP contribution in [0.25, 0.3) is 0 Å². The van der Waals surface area contributed by atoms with Crippen LogP contribution in [0.15, 0.2) is 4.52 Å². The topological polar surface area (TPSA) is 54.2 Å². The van der Waals surface area contributed by atoms with E-state index in [2.05, 4.69) is 15.5 Å². The summed E-state index contributed by atoms with van der Waals surface area (Å²) < 4.78 is 5.28. The predicted molar refractivity (Wildman–Crippen MR) is 56.5 cm³/mol. The van der Waals surface area contributed by atoms with Gasteiger partial charge in [0.1, 0.15) is 0 Å². The van der Waals surface area contributed by atoms with Crippen molar-refractivity contribution in [1.82, 2.24) is 20.4 Å². The van der Waals surface area contributed by atoms with E-state index >= 15 is 0 Å². The Bertz CT molecular complexity index is 304. The Kier molecular flexibility index (Phi) is 3.33. The summed E-state index contributed by atoms with van der Waals surface area (Å²) in [5, 5.41) is 7.32. The van der Waals surface area contributed by atoms with Crippen molar-refractivity contribution in [3.8, 4) is 0 Å². The third-order valence-corrected chi connectivity index (χ3v) is 2.59. The Morgan fingerprint density at radius 2 is 2.40 bits per heavy atom. The van der Waals surface area contributed by atoms with Crippen molar-refractivity contribution in [2.45, 2.75) is 25.3 Å². The summed E-state index contributed by atoms with van der Waals surface area (Å²) in [6.45, 7) is 2.81. The summed E-state index contributed by atoms with van der Waals surface area (Å²) in [5.41, 5.74) is 0. The first kappa shape index (κ1) is 10.6. The SMILES string of the molecule is CN(C)Cc1noc([C@@H]2CCCNC2)n1. The maximum absolute atomic E-state index is 5.28. The number of hydrogen-bond acceptors (Lipinski definition) is 5. The molecule has 15 heavy (non-hydrogen) atoms. The number of rotatable bonds is 3.